The molecular weight excluding hydrogens is 317 g/mol. The molecule has 118 valence electrons. The molecule has 23 heavy (non-hydrogen) atoms. The topological polar surface area (TPSA) is 33.5 Å². The molecule has 0 atom stereocenters. The fourth-order valence-electron chi connectivity index (χ4n) is 2.54. The summed E-state index contributed by atoms with van der Waals surface area (Å²) in [6.07, 6.45) is 0. The second kappa shape index (κ2) is 6.05. The van der Waals surface area contributed by atoms with Crippen molar-refractivity contribution < 1.29 is 13.6 Å². The lowest BCUT2D eigenvalue weighted by atomic mass is 10.1. The average Bonchev–Trinajstić information content (AvgIpc) is 2.87. The molecule has 3 aromatic rings. The highest BCUT2D eigenvalue weighted by Crippen LogP contribution is 2.27. The monoisotopic (exact) mass is 331 g/mol. The summed E-state index contributed by atoms with van der Waals surface area (Å²) in [5.74, 6) is -0.474. The van der Waals surface area contributed by atoms with Crippen LogP contribution in [-0.2, 0) is 6.54 Å². The molecular formula is C18H15ClFNO2. The van der Waals surface area contributed by atoms with E-state index in [9.17, 15) is 9.18 Å². The molecule has 0 unspecified atom stereocenters. The largest absolute Gasteiger partial charge is 0.451 e. The quantitative estimate of drug-likeness (QED) is 0.690. The first-order valence-corrected chi connectivity index (χ1v) is 7.53. The lowest BCUT2D eigenvalue weighted by Gasteiger charge is -2.17. The Kier molecular flexibility index (Phi) is 4.09. The minimum absolute atomic E-state index is 0.0703. The van der Waals surface area contributed by atoms with Crippen molar-refractivity contribution >= 4 is 28.5 Å². The molecule has 0 aliphatic rings. The number of furan rings is 1. The Bertz CT molecular complexity index is 868. The summed E-state index contributed by atoms with van der Waals surface area (Å²) in [6.45, 7) is 1.91. The second-order valence-electron chi connectivity index (χ2n) is 5.41. The number of benzene rings is 2. The van der Waals surface area contributed by atoms with Crippen LogP contribution in [0.2, 0.25) is 5.02 Å². The number of fused-ring (bicyclic) bond motifs is 1. The van der Waals surface area contributed by atoms with Crippen LogP contribution in [0.5, 0.6) is 0 Å². The van der Waals surface area contributed by atoms with Crippen LogP contribution >= 0.6 is 11.6 Å². The molecule has 0 aliphatic carbocycles. The van der Waals surface area contributed by atoms with Gasteiger partial charge in [-0.15, -0.1) is 0 Å². The standard InChI is InChI=1S/C18H15ClFNO2/c1-11-12-6-3-4-9-16(12)23-17(11)18(22)21(2)10-13-14(19)7-5-8-15(13)20/h3-9H,10H2,1-2H3. The Balaban J connectivity index is 1.91. The third kappa shape index (κ3) is 2.82. The van der Waals surface area contributed by atoms with Gasteiger partial charge in [0.05, 0.1) is 6.54 Å². The number of rotatable bonds is 3. The van der Waals surface area contributed by atoms with Gasteiger partial charge in [0.2, 0.25) is 0 Å². The van der Waals surface area contributed by atoms with Crippen LogP contribution < -0.4 is 0 Å². The Morgan fingerprint density at radius 3 is 2.65 bits per heavy atom. The smallest absolute Gasteiger partial charge is 0.289 e. The van der Waals surface area contributed by atoms with E-state index < -0.39 is 5.82 Å². The lowest BCUT2D eigenvalue weighted by molar-refractivity contribution is 0.0753. The number of halogens is 2. The summed E-state index contributed by atoms with van der Waals surface area (Å²) in [5, 5.41) is 1.19. The number of carbonyl (C=O) groups excluding carboxylic acids is 1. The molecule has 1 heterocycles. The number of nitrogens with zero attached hydrogens (tertiary/aromatic N) is 1. The summed E-state index contributed by atoms with van der Waals surface area (Å²) in [5.41, 5.74) is 1.72. The Morgan fingerprint density at radius 2 is 1.96 bits per heavy atom. The van der Waals surface area contributed by atoms with Crippen LogP contribution in [0.15, 0.2) is 46.9 Å². The summed E-state index contributed by atoms with van der Waals surface area (Å²) >= 11 is 6.02. The van der Waals surface area contributed by atoms with Gasteiger partial charge in [-0.25, -0.2) is 4.39 Å². The number of aryl methyl sites for hydroxylation is 1. The fourth-order valence-corrected chi connectivity index (χ4v) is 2.77. The van der Waals surface area contributed by atoms with E-state index in [1.807, 2.05) is 31.2 Å². The molecule has 0 bridgehead atoms. The summed E-state index contributed by atoms with van der Waals surface area (Å²) in [7, 11) is 1.59. The lowest BCUT2D eigenvalue weighted by Crippen LogP contribution is -2.27. The molecule has 0 radical (unpaired) electrons. The predicted molar refractivity (Wildman–Crippen MR) is 88.2 cm³/mol. The van der Waals surface area contributed by atoms with Gasteiger partial charge in [0, 0.05) is 28.6 Å². The molecule has 0 aliphatic heterocycles. The van der Waals surface area contributed by atoms with Crippen molar-refractivity contribution in [3.05, 3.63) is 70.2 Å². The third-order valence-electron chi connectivity index (χ3n) is 3.84. The van der Waals surface area contributed by atoms with Gasteiger partial charge < -0.3 is 9.32 Å². The number of amides is 1. The minimum Gasteiger partial charge on any atom is -0.451 e. The third-order valence-corrected chi connectivity index (χ3v) is 4.20. The van der Waals surface area contributed by atoms with E-state index in [1.54, 1.807) is 13.1 Å². The number of para-hydroxylation sites is 1. The van der Waals surface area contributed by atoms with Gasteiger partial charge >= 0.3 is 0 Å². The molecule has 0 saturated heterocycles. The zero-order chi connectivity index (χ0) is 16.6. The summed E-state index contributed by atoms with van der Waals surface area (Å²) < 4.78 is 19.5. The average molecular weight is 332 g/mol. The van der Waals surface area contributed by atoms with E-state index in [4.69, 9.17) is 16.0 Å². The van der Waals surface area contributed by atoms with Gasteiger partial charge in [-0.1, -0.05) is 35.9 Å². The maximum atomic E-state index is 13.9. The summed E-state index contributed by atoms with van der Waals surface area (Å²) in [6, 6.07) is 11.9. The van der Waals surface area contributed by atoms with Gasteiger partial charge in [-0.2, -0.15) is 0 Å². The molecule has 1 aromatic heterocycles. The Hall–Kier alpha value is -2.33. The van der Waals surface area contributed by atoms with Crippen molar-refractivity contribution in [2.24, 2.45) is 0 Å². The van der Waals surface area contributed by atoms with Crippen LogP contribution in [0, 0.1) is 12.7 Å². The SMILES string of the molecule is Cc1c(C(=O)N(C)Cc2c(F)cccc2Cl)oc2ccccc12. The van der Waals surface area contributed by atoms with Crippen molar-refractivity contribution in [2.75, 3.05) is 7.05 Å². The highest BCUT2D eigenvalue weighted by atomic mass is 35.5. The normalized spacial score (nSPS) is 11.0. The highest BCUT2D eigenvalue weighted by Gasteiger charge is 2.22. The van der Waals surface area contributed by atoms with E-state index >= 15 is 0 Å². The van der Waals surface area contributed by atoms with E-state index in [0.29, 0.717) is 16.2 Å². The molecule has 0 saturated carbocycles. The first kappa shape index (κ1) is 15.6. The van der Waals surface area contributed by atoms with Crippen LogP contribution in [0.3, 0.4) is 0 Å². The highest BCUT2D eigenvalue weighted by molar-refractivity contribution is 6.31. The molecule has 1 amide bonds. The number of hydrogen-bond acceptors (Lipinski definition) is 2. The predicted octanol–water partition coefficient (Wildman–Crippen LogP) is 4.81. The first-order valence-electron chi connectivity index (χ1n) is 7.15. The van der Waals surface area contributed by atoms with E-state index in [0.717, 1.165) is 10.9 Å². The number of carbonyl (C=O) groups is 1. The van der Waals surface area contributed by atoms with Crippen molar-refractivity contribution in [3.8, 4) is 0 Å². The van der Waals surface area contributed by atoms with E-state index in [2.05, 4.69) is 0 Å². The van der Waals surface area contributed by atoms with Gasteiger partial charge in [0.15, 0.2) is 5.76 Å². The second-order valence-corrected chi connectivity index (χ2v) is 5.82. The molecule has 0 fully saturated rings. The fraction of sp³-hybridized carbons (Fsp3) is 0.167. The maximum Gasteiger partial charge on any atom is 0.289 e. The zero-order valence-electron chi connectivity index (χ0n) is 12.8. The maximum absolute atomic E-state index is 13.9. The van der Waals surface area contributed by atoms with E-state index in [-0.39, 0.29) is 18.2 Å². The Labute approximate surface area is 138 Å². The van der Waals surface area contributed by atoms with Gasteiger partial charge in [0.1, 0.15) is 11.4 Å². The van der Waals surface area contributed by atoms with Crippen LogP contribution in [-0.4, -0.2) is 17.9 Å². The van der Waals surface area contributed by atoms with Crippen LogP contribution in [0.4, 0.5) is 4.39 Å². The molecule has 3 nitrogen and oxygen atoms in total. The van der Waals surface area contributed by atoms with Crippen molar-refractivity contribution in [3.63, 3.8) is 0 Å². The first-order chi connectivity index (χ1) is 11.0. The van der Waals surface area contributed by atoms with Crippen molar-refractivity contribution in [1.29, 1.82) is 0 Å². The summed E-state index contributed by atoms with van der Waals surface area (Å²) in [4.78, 5) is 14.0. The molecule has 3 rings (SSSR count). The molecule has 0 N–H and O–H groups in total. The zero-order valence-corrected chi connectivity index (χ0v) is 13.5. The van der Waals surface area contributed by atoms with Crippen LogP contribution in [0.25, 0.3) is 11.0 Å². The molecule has 0 spiro atoms. The molecule has 5 heteroatoms. The van der Waals surface area contributed by atoms with Crippen molar-refractivity contribution in [1.82, 2.24) is 4.90 Å². The Morgan fingerprint density at radius 1 is 1.22 bits per heavy atom. The van der Waals surface area contributed by atoms with E-state index in [1.165, 1.54) is 17.0 Å². The number of hydrogen-bond donors (Lipinski definition) is 0. The van der Waals surface area contributed by atoms with Gasteiger partial charge in [0.25, 0.3) is 5.91 Å². The van der Waals surface area contributed by atoms with Gasteiger partial charge in [-0.05, 0) is 25.1 Å². The molecule has 2 aromatic carbocycles. The minimum atomic E-state index is -0.432. The van der Waals surface area contributed by atoms with Crippen molar-refractivity contribution in [2.45, 2.75) is 13.5 Å². The van der Waals surface area contributed by atoms with Gasteiger partial charge in [-0.3, -0.25) is 4.79 Å². The van der Waals surface area contributed by atoms with Crippen LogP contribution in [0.1, 0.15) is 21.7 Å².